The van der Waals surface area contributed by atoms with Gasteiger partial charge in [0.05, 0.1) is 23.6 Å². The molecule has 0 aromatic heterocycles. The number of hydrogen-bond donors (Lipinski definition) is 2. The third-order valence-corrected chi connectivity index (χ3v) is 3.44. The Morgan fingerprint density at radius 1 is 1.41 bits per heavy atom. The maximum Gasteiger partial charge on any atom is 0.337 e. The molecular formula is C14H15N3O4S. The van der Waals surface area contributed by atoms with Crippen molar-refractivity contribution in [1.82, 2.24) is 10.6 Å². The Hall–Kier alpha value is -2.48. The van der Waals surface area contributed by atoms with Crippen LogP contribution >= 0.6 is 12.2 Å². The van der Waals surface area contributed by atoms with Gasteiger partial charge in [-0.25, -0.2) is 4.79 Å². The van der Waals surface area contributed by atoms with Crippen LogP contribution in [0.5, 0.6) is 0 Å². The first-order valence-corrected chi connectivity index (χ1v) is 7.03. The highest BCUT2D eigenvalue weighted by Crippen LogP contribution is 2.13. The molecule has 0 spiro atoms. The van der Waals surface area contributed by atoms with Gasteiger partial charge < -0.3 is 15.4 Å². The molecule has 0 fully saturated rings. The second-order valence-corrected chi connectivity index (χ2v) is 5.13. The molecule has 0 amide bonds. The highest BCUT2D eigenvalue weighted by atomic mass is 32.1. The lowest BCUT2D eigenvalue weighted by Crippen LogP contribution is -2.43. The Labute approximate surface area is 132 Å². The number of hydrogen-bond acceptors (Lipinski definition) is 5. The van der Waals surface area contributed by atoms with Crippen LogP contribution in [-0.4, -0.2) is 29.2 Å². The number of nitrogens with one attached hydrogen (secondary N) is 2. The summed E-state index contributed by atoms with van der Waals surface area (Å²) in [7, 11) is 0. The van der Waals surface area contributed by atoms with Crippen molar-refractivity contribution in [2.45, 2.75) is 13.3 Å². The number of rotatable bonds is 5. The Morgan fingerprint density at radius 3 is 2.68 bits per heavy atom. The quantitative estimate of drug-likeness (QED) is 0.367. The number of carbonyl (C=O) groups excluding carboxylic acids is 1. The van der Waals surface area contributed by atoms with E-state index in [4.69, 9.17) is 17.0 Å². The second kappa shape index (κ2) is 6.99. The van der Waals surface area contributed by atoms with Gasteiger partial charge in [0.25, 0.3) is 5.69 Å². The number of benzene rings is 1. The van der Waals surface area contributed by atoms with Crippen LogP contribution < -0.4 is 10.6 Å². The van der Waals surface area contributed by atoms with Crippen LogP contribution in [0.3, 0.4) is 0 Å². The molecule has 0 unspecified atom stereocenters. The third-order valence-electron chi connectivity index (χ3n) is 3.20. The van der Waals surface area contributed by atoms with Crippen molar-refractivity contribution in [3.05, 3.63) is 51.2 Å². The van der Waals surface area contributed by atoms with E-state index >= 15 is 0 Å². The first kappa shape index (κ1) is 15.9. The monoisotopic (exact) mass is 321 g/mol. The SMILES string of the molecule is CC1=C(C(=O)OCCc2ccc([N+](=O)[O-])cc2)CNC(=S)N1. The van der Waals surface area contributed by atoms with Crippen molar-refractivity contribution < 1.29 is 14.5 Å². The summed E-state index contributed by atoms with van der Waals surface area (Å²) in [5.41, 5.74) is 2.10. The predicted molar refractivity (Wildman–Crippen MR) is 84.2 cm³/mol. The Morgan fingerprint density at radius 2 is 2.09 bits per heavy atom. The number of esters is 1. The Kier molecular flexibility index (Phi) is 5.05. The molecule has 0 bridgehead atoms. The van der Waals surface area contributed by atoms with Gasteiger partial charge >= 0.3 is 5.97 Å². The molecule has 0 atom stereocenters. The average Bonchev–Trinajstić information content (AvgIpc) is 2.47. The summed E-state index contributed by atoms with van der Waals surface area (Å²) in [5, 5.41) is 16.8. The van der Waals surface area contributed by atoms with Crippen LogP contribution in [0, 0.1) is 10.1 Å². The number of thiocarbonyl (C=S) groups is 1. The molecular weight excluding hydrogens is 306 g/mol. The molecule has 1 aliphatic heterocycles. The number of non-ortho nitro benzene ring substituents is 1. The lowest BCUT2D eigenvalue weighted by Gasteiger charge is -2.20. The molecule has 0 aliphatic carbocycles. The van der Waals surface area contributed by atoms with Gasteiger partial charge in [0, 0.05) is 24.3 Å². The van der Waals surface area contributed by atoms with Crippen LogP contribution in [0.15, 0.2) is 35.5 Å². The maximum absolute atomic E-state index is 12.0. The van der Waals surface area contributed by atoms with Crippen LogP contribution in [0.2, 0.25) is 0 Å². The number of carbonyl (C=O) groups is 1. The topological polar surface area (TPSA) is 93.5 Å². The van der Waals surface area contributed by atoms with E-state index in [1.165, 1.54) is 12.1 Å². The molecule has 0 saturated heterocycles. The summed E-state index contributed by atoms with van der Waals surface area (Å²) in [6.45, 7) is 2.31. The van der Waals surface area contributed by atoms with E-state index < -0.39 is 10.9 Å². The van der Waals surface area contributed by atoms with Gasteiger partial charge in [-0.1, -0.05) is 12.1 Å². The van der Waals surface area contributed by atoms with Crippen LogP contribution in [0.4, 0.5) is 5.69 Å². The van der Waals surface area contributed by atoms with Crippen molar-refractivity contribution in [1.29, 1.82) is 0 Å². The third kappa shape index (κ3) is 4.01. The average molecular weight is 321 g/mol. The zero-order valence-electron chi connectivity index (χ0n) is 11.9. The van der Waals surface area contributed by atoms with E-state index in [0.717, 1.165) is 5.56 Å². The number of nitrogens with zero attached hydrogens (tertiary/aromatic N) is 1. The van der Waals surface area contributed by atoms with Crippen molar-refractivity contribution in [3.63, 3.8) is 0 Å². The molecule has 116 valence electrons. The van der Waals surface area contributed by atoms with Crippen LogP contribution in [0.25, 0.3) is 0 Å². The minimum atomic E-state index is -0.452. The summed E-state index contributed by atoms with van der Waals surface area (Å²) in [6, 6.07) is 6.16. The first-order chi connectivity index (χ1) is 10.5. The molecule has 1 aromatic rings. The second-order valence-electron chi connectivity index (χ2n) is 4.72. The first-order valence-electron chi connectivity index (χ1n) is 6.62. The summed E-state index contributed by atoms with van der Waals surface area (Å²) < 4.78 is 5.21. The van der Waals surface area contributed by atoms with E-state index in [9.17, 15) is 14.9 Å². The van der Waals surface area contributed by atoms with E-state index in [1.807, 2.05) is 0 Å². The summed E-state index contributed by atoms with van der Waals surface area (Å²) in [4.78, 5) is 22.1. The van der Waals surface area contributed by atoms with Gasteiger partial charge in [-0.3, -0.25) is 10.1 Å². The summed E-state index contributed by atoms with van der Waals surface area (Å²) >= 11 is 4.95. The number of nitro benzene ring substituents is 1. The van der Waals surface area contributed by atoms with Gasteiger partial charge in [-0.05, 0) is 24.7 Å². The van der Waals surface area contributed by atoms with E-state index in [2.05, 4.69) is 10.6 Å². The van der Waals surface area contributed by atoms with Crippen molar-refractivity contribution in [3.8, 4) is 0 Å². The summed E-state index contributed by atoms with van der Waals surface area (Å²) in [5.74, 6) is -0.401. The van der Waals surface area contributed by atoms with Gasteiger partial charge in [0.15, 0.2) is 5.11 Å². The lowest BCUT2D eigenvalue weighted by atomic mass is 10.1. The van der Waals surface area contributed by atoms with Gasteiger partial charge in [0.1, 0.15) is 0 Å². The van der Waals surface area contributed by atoms with Gasteiger partial charge in [-0.2, -0.15) is 0 Å². The number of ether oxygens (including phenoxy) is 1. The van der Waals surface area contributed by atoms with Crippen molar-refractivity contribution >= 4 is 29.0 Å². The van der Waals surface area contributed by atoms with Crippen LogP contribution in [-0.2, 0) is 16.0 Å². The van der Waals surface area contributed by atoms with Gasteiger partial charge in [0.2, 0.25) is 0 Å². The number of nitro groups is 1. The molecule has 8 heteroatoms. The fourth-order valence-electron chi connectivity index (χ4n) is 1.95. The largest absolute Gasteiger partial charge is 0.462 e. The minimum Gasteiger partial charge on any atom is -0.462 e. The summed E-state index contributed by atoms with van der Waals surface area (Å²) in [6.07, 6.45) is 0.495. The molecule has 0 saturated carbocycles. The molecule has 7 nitrogen and oxygen atoms in total. The molecule has 2 N–H and O–H groups in total. The predicted octanol–water partition coefficient (Wildman–Crippen LogP) is 1.43. The normalized spacial score (nSPS) is 14.1. The lowest BCUT2D eigenvalue weighted by molar-refractivity contribution is -0.384. The zero-order valence-corrected chi connectivity index (χ0v) is 12.7. The highest BCUT2D eigenvalue weighted by molar-refractivity contribution is 7.80. The fraction of sp³-hybridized carbons (Fsp3) is 0.286. The fourth-order valence-corrected chi connectivity index (χ4v) is 2.17. The zero-order chi connectivity index (χ0) is 16.1. The van der Waals surface area contributed by atoms with Crippen LogP contribution in [0.1, 0.15) is 12.5 Å². The standard InChI is InChI=1S/C14H15N3O4S/c1-9-12(8-15-14(22)16-9)13(18)21-7-6-10-2-4-11(5-3-10)17(19)20/h2-5H,6-8H2,1H3,(H2,15,16,22). The van der Waals surface area contributed by atoms with Gasteiger partial charge in [-0.15, -0.1) is 0 Å². The van der Waals surface area contributed by atoms with E-state index in [1.54, 1.807) is 19.1 Å². The maximum atomic E-state index is 12.0. The van der Waals surface area contributed by atoms with E-state index in [-0.39, 0.29) is 12.3 Å². The highest BCUT2D eigenvalue weighted by Gasteiger charge is 2.19. The molecule has 1 aliphatic rings. The molecule has 2 rings (SSSR count). The Bertz CT molecular complexity index is 640. The van der Waals surface area contributed by atoms with E-state index in [0.29, 0.717) is 29.3 Å². The minimum absolute atomic E-state index is 0.0387. The molecule has 0 radical (unpaired) electrons. The van der Waals surface area contributed by atoms with Crippen molar-refractivity contribution in [2.75, 3.05) is 13.2 Å². The molecule has 1 aromatic carbocycles. The van der Waals surface area contributed by atoms with Crippen molar-refractivity contribution in [2.24, 2.45) is 0 Å². The smallest absolute Gasteiger partial charge is 0.337 e. The molecule has 1 heterocycles. The molecule has 22 heavy (non-hydrogen) atoms. The number of allylic oxidation sites excluding steroid dienone is 1. The Balaban J connectivity index is 1.85.